The molecule has 0 saturated carbocycles. The summed E-state index contributed by atoms with van der Waals surface area (Å²) in [4.78, 5) is 15.3. The van der Waals surface area contributed by atoms with Gasteiger partial charge in [-0.1, -0.05) is 0 Å². The van der Waals surface area contributed by atoms with Crippen molar-refractivity contribution in [2.45, 2.75) is 0 Å². The lowest BCUT2D eigenvalue weighted by atomic mass is 10.0. The van der Waals surface area contributed by atoms with E-state index in [2.05, 4.69) is 9.71 Å². The number of aromatic amines is 1. The molecule has 0 saturated heterocycles. The molecule has 2 aromatic heterocycles. The molecule has 7 nitrogen and oxygen atoms in total. The Labute approximate surface area is 185 Å². The molecule has 33 heavy (non-hydrogen) atoms. The molecule has 4 aromatic rings. The monoisotopic (exact) mass is 475 g/mol. The van der Waals surface area contributed by atoms with Gasteiger partial charge in [-0.05, 0) is 36.4 Å². The lowest BCUT2D eigenvalue weighted by Gasteiger charge is -2.16. The molecule has 170 valence electrons. The minimum Gasteiger partial charge on any atom is -0.454 e. The van der Waals surface area contributed by atoms with E-state index in [9.17, 15) is 26.4 Å². The van der Waals surface area contributed by atoms with Crippen LogP contribution in [0.15, 0.2) is 71.4 Å². The molecule has 0 bridgehead atoms. The zero-order chi connectivity index (χ0) is 23.8. The highest BCUT2D eigenvalue weighted by atomic mass is 32.2. The second kappa shape index (κ2) is 8.51. The largest absolute Gasteiger partial charge is 0.454 e. The van der Waals surface area contributed by atoms with Crippen molar-refractivity contribution in [2.75, 3.05) is 4.72 Å². The Balaban J connectivity index is 1.92. The number of nitrogens with one attached hydrogen (secondary N) is 2. The third-order valence-electron chi connectivity index (χ3n) is 4.77. The van der Waals surface area contributed by atoms with E-state index in [1.54, 1.807) is 12.3 Å². The summed E-state index contributed by atoms with van der Waals surface area (Å²) in [5.41, 5.74) is 0.819. The second-order valence-electron chi connectivity index (χ2n) is 7.02. The van der Waals surface area contributed by atoms with Crippen molar-refractivity contribution in [1.82, 2.24) is 9.55 Å². The summed E-state index contributed by atoms with van der Waals surface area (Å²) in [5, 5.41) is 0.854. The van der Waals surface area contributed by atoms with Crippen LogP contribution in [-0.2, 0) is 17.1 Å². The van der Waals surface area contributed by atoms with Crippen LogP contribution in [0, 0.1) is 11.6 Å². The van der Waals surface area contributed by atoms with E-state index >= 15 is 0 Å². The van der Waals surface area contributed by atoms with E-state index in [4.69, 9.17) is 4.74 Å². The predicted octanol–water partition coefficient (Wildman–Crippen LogP) is 4.79. The average Bonchev–Trinajstić information content (AvgIpc) is 3.23. The Kier molecular flexibility index (Phi) is 5.73. The number of benzene rings is 2. The van der Waals surface area contributed by atoms with Gasteiger partial charge in [0.2, 0.25) is 0 Å². The third-order valence-corrected chi connectivity index (χ3v) is 5.75. The quantitative estimate of drug-likeness (QED) is 0.420. The van der Waals surface area contributed by atoms with Gasteiger partial charge in [0, 0.05) is 47.7 Å². The van der Waals surface area contributed by atoms with Crippen molar-refractivity contribution in [3.05, 3.63) is 88.6 Å². The first-order valence-corrected chi connectivity index (χ1v) is 11.0. The Morgan fingerprint density at radius 3 is 2.55 bits per heavy atom. The number of aromatic nitrogens is 2. The zero-order valence-corrected chi connectivity index (χ0v) is 17.8. The number of ether oxygens (including phenoxy) is 1. The molecular formula is C22H16F3N3O4S. The van der Waals surface area contributed by atoms with Crippen molar-refractivity contribution in [3.8, 4) is 22.6 Å². The minimum absolute atomic E-state index is 0.0626. The molecule has 4 rings (SSSR count). The van der Waals surface area contributed by atoms with Gasteiger partial charge in [0.05, 0.1) is 11.7 Å². The van der Waals surface area contributed by atoms with Crippen LogP contribution in [0.2, 0.25) is 0 Å². The summed E-state index contributed by atoms with van der Waals surface area (Å²) in [7, 11) is -2.59. The van der Waals surface area contributed by atoms with E-state index in [1.165, 1.54) is 36.0 Å². The van der Waals surface area contributed by atoms with Crippen molar-refractivity contribution < 1.29 is 26.3 Å². The van der Waals surface area contributed by atoms with Crippen LogP contribution in [0.4, 0.5) is 18.9 Å². The van der Waals surface area contributed by atoms with Crippen LogP contribution in [0.25, 0.3) is 22.0 Å². The van der Waals surface area contributed by atoms with Gasteiger partial charge in [-0.2, -0.15) is 0 Å². The molecule has 2 aromatic carbocycles. The molecule has 0 spiro atoms. The SMILES string of the molecule is Cn1cc(-c2cc(NS(=O)(=O)C=CF)ccc2Oc2ccc(F)cc2F)c2cc[nH]c2c1=O. The summed E-state index contributed by atoms with van der Waals surface area (Å²) < 4.78 is 73.1. The number of hydrogen-bond acceptors (Lipinski definition) is 4. The first-order chi connectivity index (χ1) is 15.7. The summed E-state index contributed by atoms with van der Waals surface area (Å²) in [6.07, 6.45) is 2.96. The fraction of sp³-hybridized carbons (Fsp3) is 0.0455. The number of rotatable bonds is 6. The lowest BCUT2D eigenvalue weighted by molar-refractivity contribution is 0.439. The molecule has 0 unspecified atom stereocenters. The molecule has 0 aliphatic carbocycles. The summed E-state index contributed by atoms with van der Waals surface area (Å²) >= 11 is 0. The van der Waals surface area contributed by atoms with E-state index in [0.29, 0.717) is 33.5 Å². The maximum atomic E-state index is 14.2. The lowest BCUT2D eigenvalue weighted by Crippen LogP contribution is -2.16. The molecule has 2 heterocycles. The minimum atomic E-state index is -4.12. The molecule has 0 atom stereocenters. The van der Waals surface area contributed by atoms with Crippen molar-refractivity contribution in [3.63, 3.8) is 0 Å². The van der Waals surface area contributed by atoms with Gasteiger partial charge in [0.25, 0.3) is 15.6 Å². The topological polar surface area (TPSA) is 93.2 Å². The van der Waals surface area contributed by atoms with Crippen LogP contribution in [-0.4, -0.2) is 18.0 Å². The van der Waals surface area contributed by atoms with Crippen molar-refractivity contribution in [1.29, 1.82) is 0 Å². The fourth-order valence-electron chi connectivity index (χ4n) is 3.32. The molecule has 0 amide bonds. The Morgan fingerprint density at radius 2 is 1.82 bits per heavy atom. The summed E-state index contributed by atoms with van der Waals surface area (Å²) in [6.45, 7) is 0. The normalized spacial score (nSPS) is 11.9. The van der Waals surface area contributed by atoms with Crippen LogP contribution in [0.1, 0.15) is 0 Å². The van der Waals surface area contributed by atoms with Gasteiger partial charge in [0.1, 0.15) is 17.1 Å². The Hall–Kier alpha value is -3.99. The number of nitrogens with zero attached hydrogens (tertiary/aromatic N) is 1. The zero-order valence-electron chi connectivity index (χ0n) is 17.0. The van der Waals surface area contributed by atoms with E-state index in [0.717, 1.165) is 12.1 Å². The van der Waals surface area contributed by atoms with Crippen molar-refractivity contribution >= 4 is 26.6 Å². The standard InChI is InChI=1S/C22H16F3N3O4S/c1-28-12-17(15-6-8-26-21(15)22(28)29)16-11-14(27-33(30,31)9-7-23)3-5-19(16)32-20-4-2-13(24)10-18(20)25/h2-12,26-27H,1H3. The third kappa shape index (κ3) is 4.48. The second-order valence-corrected chi connectivity index (χ2v) is 8.59. The van der Waals surface area contributed by atoms with Gasteiger partial charge in [-0.3, -0.25) is 9.52 Å². The van der Waals surface area contributed by atoms with Gasteiger partial charge < -0.3 is 14.3 Å². The van der Waals surface area contributed by atoms with Gasteiger partial charge in [-0.25, -0.2) is 21.6 Å². The number of hydrogen-bond donors (Lipinski definition) is 2. The predicted molar refractivity (Wildman–Crippen MR) is 118 cm³/mol. The smallest absolute Gasteiger partial charge is 0.274 e. The summed E-state index contributed by atoms with van der Waals surface area (Å²) in [6, 6.07) is 8.56. The maximum Gasteiger partial charge on any atom is 0.274 e. The molecule has 0 radical (unpaired) electrons. The first kappa shape index (κ1) is 22.2. The summed E-state index contributed by atoms with van der Waals surface area (Å²) in [5.74, 6) is -1.88. The number of pyridine rings is 1. The molecule has 2 N–H and O–H groups in total. The molecule has 0 aliphatic heterocycles. The van der Waals surface area contributed by atoms with E-state index < -0.39 is 21.7 Å². The van der Waals surface area contributed by atoms with Crippen LogP contribution < -0.4 is 15.0 Å². The number of sulfonamides is 1. The average molecular weight is 475 g/mol. The highest BCUT2D eigenvalue weighted by Gasteiger charge is 2.18. The highest BCUT2D eigenvalue weighted by molar-refractivity contribution is 7.95. The number of H-pyrrole nitrogens is 1. The van der Waals surface area contributed by atoms with Crippen LogP contribution >= 0.6 is 0 Å². The Bertz CT molecular complexity index is 1560. The Morgan fingerprint density at radius 1 is 1.06 bits per heavy atom. The van der Waals surface area contributed by atoms with Gasteiger partial charge >= 0.3 is 0 Å². The van der Waals surface area contributed by atoms with Gasteiger partial charge in [0.15, 0.2) is 11.6 Å². The highest BCUT2D eigenvalue weighted by Crippen LogP contribution is 2.39. The van der Waals surface area contributed by atoms with Crippen LogP contribution in [0.5, 0.6) is 11.5 Å². The molecule has 0 aliphatic rings. The first-order valence-electron chi connectivity index (χ1n) is 9.42. The van der Waals surface area contributed by atoms with Crippen molar-refractivity contribution in [2.24, 2.45) is 7.05 Å². The van der Waals surface area contributed by atoms with Crippen LogP contribution in [0.3, 0.4) is 0 Å². The maximum absolute atomic E-state index is 14.2. The van der Waals surface area contributed by atoms with E-state index in [1.807, 2.05) is 0 Å². The van der Waals surface area contributed by atoms with Gasteiger partial charge in [-0.15, -0.1) is 0 Å². The molecular weight excluding hydrogens is 459 g/mol. The number of anilines is 1. The number of halogens is 3. The van der Waals surface area contributed by atoms with E-state index in [-0.39, 0.29) is 29.1 Å². The number of aryl methyl sites for hydroxylation is 1. The molecule has 0 fully saturated rings. The fourth-order valence-corrected chi connectivity index (χ4v) is 3.98. The number of fused-ring (bicyclic) bond motifs is 1. The molecule has 11 heteroatoms.